The third-order valence-electron chi connectivity index (χ3n) is 4.31. The van der Waals surface area contributed by atoms with E-state index in [0.29, 0.717) is 22.3 Å². The second-order valence-electron chi connectivity index (χ2n) is 6.17. The van der Waals surface area contributed by atoms with Crippen LogP contribution in [0.2, 0.25) is 0 Å². The van der Waals surface area contributed by atoms with Gasteiger partial charge in [-0.3, -0.25) is 0 Å². The minimum Gasteiger partial charge on any atom is -0.462 e. The minimum absolute atomic E-state index is 0.289. The number of carbonyl (C=O) groups is 1. The number of thiocarbonyl (C=S) groups is 1. The van der Waals surface area contributed by atoms with E-state index < -0.39 is 0 Å². The molecule has 1 heterocycles. The average molecular weight is 393 g/mol. The third-order valence-corrected chi connectivity index (χ3v) is 5.73. The topological polar surface area (TPSA) is 50.4 Å². The van der Waals surface area contributed by atoms with E-state index in [-0.39, 0.29) is 11.8 Å². The summed E-state index contributed by atoms with van der Waals surface area (Å²) in [6.07, 6.45) is 4.07. The number of fused-ring (bicyclic) bond motifs is 1. The van der Waals surface area contributed by atoms with E-state index >= 15 is 0 Å². The molecule has 1 aromatic carbocycles. The Morgan fingerprint density at radius 1 is 1.31 bits per heavy atom. The van der Waals surface area contributed by atoms with Gasteiger partial charge < -0.3 is 15.4 Å². The lowest BCUT2D eigenvalue weighted by Gasteiger charge is -2.14. The maximum Gasteiger partial charge on any atom is 0.341 e. The van der Waals surface area contributed by atoms with Crippen LogP contribution in [0, 0.1) is 12.7 Å². The smallest absolute Gasteiger partial charge is 0.341 e. The fraction of sp³-hybridized carbons (Fsp3) is 0.368. The number of carbonyl (C=O) groups excluding carboxylic acids is 1. The van der Waals surface area contributed by atoms with Crippen LogP contribution in [0.3, 0.4) is 0 Å². The molecule has 1 aliphatic carbocycles. The molecular weight excluding hydrogens is 371 g/mol. The van der Waals surface area contributed by atoms with Crippen molar-refractivity contribution in [2.45, 2.75) is 39.5 Å². The van der Waals surface area contributed by atoms with Gasteiger partial charge in [-0.15, -0.1) is 11.3 Å². The number of hydrogen-bond donors (Lipinski definition) is 2. The number of anilines is 2. The second-order valence-corrected chi connectivity index (χ2v) is 7.69. The quantitative estimate of drug-likeness (QED) is 0.563. The zero-order valence-corrected chi connectivity index (χ0v) is 16.4. The second kappa shape index (κ2) is 8.14. The summed E-state index contributed by atoms with van der Waals surface area (Å²) in [7, 11) is 0. The van der Waals surface area contributed by atoms with Crippen molar-refractivity contribution in [2.75, 3.05) is 17.2 Å². The molecule has 0 unspecified atom stereocenters. The van der Waals surface area contributed by atoms with Gasteiger partial charge in [-0.2, -0.15) is 0 Å². The molecule has 0 atom stereocenters. The molecule has 0 radical (unpaired) electrons. The monoisotopic (exact) mass is 392 g/mol. The first-order valence-corrected chi connectivity index (χ1v) is 9.88. The molecule has 0 saturated heterocycles. The van der Waals surface area contributed by atoms with Crippen LogP contribution in [-0.4, -0.2) is 17.7 Å². The molecule has 1 aliphatic rings. The van der Waals surface area contributed by atoms with Crippen molar-refractivity contribution >= 4 is 45.3 Å². The highest BCUT2D eigenvalue weighted by molar-refractivity contribution is 7.80. The highest BCUT2D eigenvalue weighted by atomic mass is 32.1. The summed E-state index contributed by atoms with van der Waals surface area (Å²) in [5.41, 5.74) is 3.17. The number of hydrogen-bond acceptors (Lipinski definition) is 4. The summed E-state index contributed by atoms with van der Waals surface area (Å²) in [5.74, 6) is -0.599. The number of halogens is 1. The van der Waals surface area contributed by atoms with E-state index in [1.165, 1.54) is 17.0 Å². The summed E-state index contributed by atoms with van der Waals surface area (Å²) >= 11 is 6.96. The molecule has 4 nitrogen and oxygen atoms in total. The number of esters is 1. The zero-order chi connectivity index (χ0) is 18.7. The van der Waals surface area contributed by atoms with Gasteiger partial charge in [-0.1, -0.05) is 0 Å². The van der Waals surface area contributed by atoms with E-state index in [2.05, 4.69) is 10.6 Å². The number of aryl methyl sites for hydroxylation is 2. The van der Waals surface area contributed by atoms with Crippen molar-refractivity contribution in [3.05, 3.63) is 45.6 Å². The van der Waals surface area contributed by atoms with Gasteiger partial charge in [0, 0.05) is 10.6 Å². The normalized spacial score (nSPS) is 13.0. The van der Waals surface area contributed by atoms with Crippen LogP contribution in [0.15, 0.2) is 18.2 Å². The Bertz CT molecular complexity index is 848. The summed E-state index contributed by atoms with van der Waals surface area (Å²) in [6, 6.07) is 4.47. The van der Waals surface area contributed by atoms with Crippen molar-refractivity contribution < 1.29 is 13.9 Å². The van der Waals surface area contributed by atoms with Crippen LogP contribution in [-0.2, 0) is 17.6 Å². The number of benzene rings is 1. The van der Waals surface area contributed by atoms with Gasteiger partial charge in [0.25, 0.3) is 0 Å². The molecule has 1 aromatic heterocycles. The van der Waals surface area contributed by atoms with Crippen LogP contribution in [0.25, 0.3) is 0 Å². The SMILES string of the molecule is CCOC(=O)c1c(NC(=S)Nc2ccc(F)cc2C)sc2c1CCCC2. The Balaban J connectivity index is 1.83. The molecule has 0 bridgehead atoms. The van der Waals surface area contributed by atoms with Gasteiger partial charge in [0.05, 0.1) is 12.2 Å². The molecule has 26 heavy (non-hydrogen) atoms. The number of rotatable bonds is 4. The molecule has 138 valence electrons. The standard InChI is InChI=1S/C19H21FN2O2S2/c1-3-24-18(23)16-13-6-4-5-7-15(13)26-17(16)22-19(25)21-14-9-8-12(20)10-11(14)2/h8-10H,3-7H2,1-2H3,(H2,21,22,25). The predicted molar refractivity (Wildman–Crippen MR) is 108 cm³/mol. The molecule has 0 saturated carbocycles. The number of ether oxygens (including phenoxy) is 1. The molecule has 3 rings (SSSR count). The lowest BCUT2D eigenvalue weighted by molar-refractivity contribution is 0.0526. The first-order valence-electron chi connectivity index (χ1n) is 8.65. The Morgan fingerprint density at radius 3 is 2.81 bits per heavy atom. The molecule has 2 aromatic rings. The van der Waals surface area contributed by atoms with Crippen LogP contribution in [0.1, 0.15) is 46.1 Å². The number of nitrogens with one attached hydrogen (secondary N) is 2. The lowest BCUT2D eigenvalue weighted by atomic mass is 9.95. The first kappa shape index (κ1) is 18.8. The molecular formula is C19H21FN2O2S2. The van der Waals surface area contributed by atoms with E-state index in [1.54, 1.807) is 24.3 Å². The fourth-order valence-corrected chi connectivity index (χ4v) is 4.66. The van der Waals surface area contributed by atoms with Crippen molar-refractivity contribution in [3.63, 3.8) is 0 Å². The van der Waals surface area contributed by atoms with Crippen LogP contribution < -0.4 is 10.6 Å². The molecule has 0 amide bonds. The minimum atomic E-state index is -0.310. The Labute approximate surface area is 161 Å². The average Bonchev–Trinajstić information content (AvgIpc) is 2.95. The molecule has 0 spiro atoms. The van der Waals surface area contributed by atoms with Gasteiger partial charge in [0.2, 0.25) is 0 Å². The van der Waals surface area contributed by atoms with Gasteiger partial charge in [-0.05, 0) is 81.1 Å². The van der Waals surface area contributed by atoms with Crippen molar-refractivity contribution in [1.82, 2.24) is 0 Å². The van der Waals surface area contributed by atoms with E-state index in [0.717, 1.165) is 42.5 Å². The van der Waals surface area contributed by atoms with Crippen molar-refractivity contribution in [3.8, 4) is 0 Å². The largest absolute Gasteiger partial charge is 0.462 e. The van der Waals surface area contributed by atoms with Crippen molar-refractivity contribution in [2.24, 2.45) is 0 Å². The number of thiophene rings is 1. The molecule has 0 aliphatic heterocycles. The van der Waals surface area contributed by atoms with E-state index in [4.69, 9.17) is 17.0 Å². The van der Waals surface area contributed by atoms with Crippen LogP contribution >= 0.6 is 23.6 Å². The lowest BCUT2D eigenvalue weighted by Crippen LogP contribution is -2.21. The third kappa shape index (κ3) is 4.04. The summed E-state index contributed by atoms with van der Waals surface area (Å²) < 4.78 is 18.5. The van der Waals surface area contributed by atoms with E-state index in [1.807, 2.05) is 6.92 Å². The van der Waals surface area contributed by atoms with E-state index in [9.17, 15) is 9.18 Å². The van der Waals surface area contributed by atoms with Gasteiger partial charge in [0.15, 0.2) is 5.11 Å². The van der Waals surface area contributed by atoms with Gasteiger partial charge >= 0.3 is 5.97 Å². The first-order chi connectivity index (χ1) is 12.5. The molecule has 0 fully saturated rings. The zero-order valence-electron chi connectivity index (χ0n) is 14.8. The highest BCUT2D eigenvalue weighted by Gasteiger charge is 2.26. The maximum atomic E-state index is 13.3. The highest BCUT2D eigenvalue weighted by Crippen LogP contribution is 2.38. The van der Waals surface area contributed by atoms with Gasteiger partial charge in [-0.25, -0.2) is 9.18 Å². The molecule has 7 heteroatoms. The Morgan fingerprint density at radius 2 is 2.08 bits per heavy atom. The Hall–Kier alpha value is -1.99. The summed E-state index contributed by atoms with van der Waals surface area (Å²) in [6.45, 7) is 3.94. The van der Waals surface area contributed by atoms with Crippen molar-refractivity contribution in [1.29, 1.82) is 0 Å². The van der Waals surface area contributed by atoms with Gasteiger partial charge in [0.1, 0.15) is 10.8 Å². The maximum absolute atomic E-state index is 13.3. The predicted octanol–water partition coefficient (Wildman–Crippen LogP) is 5.06. The Kier molecular flexibility index (Phi) is 5.88. The fourth-order valence-electron chi connectivity index (χ4n) is 3.10. The summed E-state index contributed by atoms with van der Waals surface area (Å²) in [4.78, 5) is 13.7. The van der Waals surface area contributed by atoms with Crippen LogP contribution in [0.4, 0.5) is 15.1 Å². The molecule has 2 N–H and O–H groups in total. The van der Waals surface area contributed by atoms with Crippen LogP contribution in [0.5, 0.6) is 0 Å². The summed E-state index contributed by atoms with van der Waals surface area (Å²) in [5, 5.41) is 7.29.